The van der Waals surface area contributed by atoms with E-state index in [1.54, 1.807) is 0 Å². The number of halogens is 1. The lowest BCUT2D eigenvalue weighted by Crippen LogP contribution is -2.34. The fraction of sp³-hybridized carbons (Fsp3) is 0.556. The molecule has 0 unspecified atom stereocenters. The van der Waals surface area contributed by atoms with Crippen LogP contribution in [0.3, 0.4) is 0 Å². The fourth-order valence-corrected chi connectivity index (χ4v) is 3.43. The van der Waals surface area contributed by atoms with E-state index in [0.29, 0.717) is 12.6 Å². The standard InChI is InChI=1S/C18H24BrNO/c1-3-11-21-18-10-9-17(19)12-16(18)13-20-14(2)15-7-5-4-6-8-15/h1,9-10,12,14-15,20H,4-8,11,13H2,2H3/t14-/m0/s1. The van der Waals surface area contributed by atoms with Crippen molar-refractivity contribution in [1.82, 2.24) is 5.32 Å². The molecule has 1 N–H and O–H groups in total. The first-order valence-corrected chi connectivity index (χ1v) is 8.58. The monoisotopic (exact) mass is 349 g/mol. The third-order valence-corrected chi connectivity index (χ3v) is 4.80. The minimum atomic E-state index is 0.312. The molecule has 2 rings (SSSR count). The van der Waals surface area contributed by atoms with E-state index in [-0.39, 0.29) is 0 Å². The van der Waals surface area contributed by atoms with Crippen molar-refractivity contribution in [3.63, 3.8) is 0 Å². The van der Waals surface area contributed by atoms with Gasteiger partial charge in [0.2, 0.25) is 0 Å². The van der Waals surface area contributed by atoms with Crippen LogP contribution in [0.15, 0.2) is 22.7 Å². The zero-order chi connectivity index (χ0) is 15.1. The Morgan fingerprint density at radius 1 is 1.38 bits per heavy atom. The molecule has 0 spiro atoms. The Bertz CT molecular complexity index is 488. The van der Waals surface area contributed by atoms with Crippen molar-refractivity contribution in [2.75, 3.05) is 6.61 Å². The van der Waals surface area contributed by atoms with Crippen LogP contribution in [-0.2, 0) is 6.54 Å². The second-order valence-electron chi connectivity index (χ2n) is 5.81. The normalized spacial score (nSPS) is 17.2. The second kappa shape index (κ2) is 8.46. The van der Waals surface area contributed by atoms with Crippen molar-refractivity contribution >= 4 is 15.9 Å². The molecule has 2 nitrogen and oxygen atoms in total. The van der Waals surface area contributed by atoms with Gasteiger partial charge < -0.3 is 10.1 Å². The molecular weight excluding hydrogens is 326 g/mol. The van der Waals surface area contributed by atoms with Crippen LogP contribution in [0.1, 0.15) is 44.6 Å². The topological polar surface area (TPSA) is 21.3 Å². The molecule has 0 saturated heterocycles. The quantitative estimate of drug-likeness (QED) is 0.762. The zero-order valence-electron chi connectivity index (χ0n) is 12.7. The molecule has 1 saturated carbocycles. The Morgan fingerprint density at radius 2 is 2.14 bits per heavy atom. The average Bonchev–Trinajstić information content (AvgIpc) is 2.52. The van der Waals surface area contributed by atoms with E-state index in [4.69, 9.17) is 11.2 Å². The third kappa shape index (κ3) is 5.05. The smallest absolute Gasteiger partial charge is 0.148 e. The Morgan fingerprint density at radius 3 is 2.86 bits per heavy atom. The average molecular weight is 350 g/mol. The summed E-state index contributed by atoms with van der Waals surface area (Å²) in [7, 11) is 0. The first kappa shape index (κ1) is 16.4. The maximum atomic E-state index is 5.62. The Balaban J connectivity index is 1.94. The molecule has 0 amide bonds. The van der Waals surface area contributed by atoms with Crippen molar-refractivity contribution in [2.24, 2.45) is 5.92 Å². The molecule has 0 radical (unpaired) electrons. The Labute approximate surface area is 136 Å². The summed E-state index contributed by atoms with van der Waals surface area (Å²) in [6.07, 6.45) is 12.1. The van der Waals surface area contributed by atoms with Crippen molar-refractivity contribution in [3.05, 3.63) is 28.2 Å². The van der Waals surface area contributed by atoms with E-state index in [0.717, 1.165) is 28.2 Å². The molecule has 1 aromatic rings. The van der Waals surface area contributed by atoms with Gasteiger partial charge in [-0.3, -0.25) is 0 Å². The van der Waals surface area contributed by atoms with Gasteiger partial charge in [0, 0.05) is 22.6 Å². The van der Waals surface area contributed by atoms with E-state index in [1.165, 1.54) is 32.1 Å². The van der Waals surface area contributed by atoms with Crippen molar-refractivity contribution in [2.45, 2.75) is 51.6 Å². The van der Waals surface area contributed by atoms with Gasteiger partial charge in [-0.05, 0) is 43.9 Å². The van der Waals surface area contributed by atoms with Gasteiger partial charge in [-0.15, -0.1) is 6.42 Å². The minimum Gasteiger partial charge on any atom is -0.481 e. The fourth-order valence-electron chi connectivity index (χ4n) is 3.02. The number of hydrogen-bond acceptors (Lipinski definition) is 2. The van der Waals surface area contributed by atoms with Gasteiger partial charge in [-0.1, -0.05) is 41.1 Å². The van der Waals surface area contributed by atoms with E-state index in [9.17, 15) is 0 Å². The molecule has 0 aliphatic heterocycles. The Kier molecular flexibility index (Phi) is 6.60. The number of rotatable bonds is 6. The summed E-state index contributed by atoms with van der Waals surface area (Å²) in [4.78, 5) is 0. The molecular formula is C18H24BrNO. The van der Waals surface area contributed by atoms with Gasteiger partial charge in [-0.25, -0.2) is 0 Å². The van der Waals surface area contributed by atoms with Gasteiger partial charge in [0.25, 0.3) is 0 Å². The van der Waals surface area contributed by atoms with E-state index < -0.39 is 0 Å². The van der Waals surface area contributed by atoms with E-state index >= 15 is 0 Å². The molecule has 0 bridgehead atoms. The number of hydrogen-bond donors (Lipinski definition) is 1. The van der Waals surface area contributed by atoms with Crippen LogP contribution in [0.2, 0.25) is 0 Å². The molecule has 0 heterocycles. The Hall–Kier alpha value is -0.980. The first-order chi connectivity index (χ1) is 10.2. The summed E-state index contributed by atoms with van der Waals surface area (Å²) in [5.41, 5.74) is 1.15. The van der Waals surface area contributed by atoms with Gasteiger partial charge in [0.05, 0.1) is 0 Å². The highest BCUT2D eigenvalue weighted by Gasteiger charge is 2.19. The van der Waals surface area contributed by atoms with Crippen LogP contribution < -0.4 is 10.1 Å². The summed E-state index contributed by atoms with van der Waals surface area (Å²) in [5, 5.41) is 3.66. The molecule has 0 aromatic heterocycles. The SMILES string of the molecule is C#CCOc1ccc(Br)cc1CN[C@@H](C)C1CCCCC1. The highest BCUT2D eigenvalue weighted by atomic mass is 79.9. The van der Waals surface area contributed by atoms with E-state index in [1.807, 2.05) is 12.1 Å². The predicted octanol–water partition coefficient (Wildman–Crippen LogP) is 4.52. The van der Waals surface area contributed by atoms with Crippen LogP contribution in [0.4, 0.5) is 0 Å². The summed E-state index contributed by atoms with van der Waals surface area (Å²) < 4.78 is 6.69. The lowest BCUT2D eigenvalue weighted by molar-refractivity contribution is 0.279. The summed E-state index contributed by atoms with van der Waals surface area (Å²) in [6.45, 7) is 3.43. The molecule has 1 aliphatic rings. The molecule has 21 heavy (non-hydrogen) atoms. The molecule has 114 valence electrons. The first-order valence-electron chi connectivity index (χ1n) is 7.79. The van der Waals surface area contributed by atoms with Crippen LogP contribution in [0.25, 0.3) is 0 Å². The number of benzene rings is 1. The second-order valence-corrected chi connectivity index (χ2v) is 6.73. The van der Waals surface area contributed by atoms with Crippen molar-refractivity contribution < 1.29 is 4.74 Å². The summed E-state index contributed by atoms with van der Waals surface area (Å²) >= 11 is 3.52. The van der Waals surface area contributed by atoms with Crippen LogP contribution in [0, 0.1) is 18.3 Å². The van der Waals surface area contributed by atoms with Crippen molar-refractivity contribution in [1.29, 1.82) is 0 Å². The third-order valence-electron chi connectivity index (χ3n) is 4.30. The highest BCUT2D eigenvalue weighted by Crippen LogP contribution is 2.27. The number of nitrogens with one attached hydrogen (secondary N) is 1. The lowest BCUT2D eigenvalue weighted by Gasteiger charge is -2.28. The molecule has 1 fully saturated rings. The maximum Gasteiger partial charge on any atom is 0.148 e. The van der Waals surface area contributed by atoms with Crippen LogP contribution >= 0.6 is 15.9 Å². The largest absolute Gasteiger partial charge is 0.481 e. The number of ether oxygens (including phenoxy) is 1. The zero-order valence-corrected chi connectivity index (χ0v) is 14.3. The van der Waals surface area contributed by atoms with E-state index in [2.05, 4.69) is 40.2 Å². The predicted molar refractivity (Wildman–Crippen MR) is 91.3 cm³/mol. The van der Waals surface area contributed by atoms with Gasteiger partial charge in [0.15, 0.2) is 0 Å². The molecule has 1 aliphatic carbocycles. The summed E-state index contributed by atoms with van der Waals surface area (Å²) in [6, 6.07) is 6.61. The lowest BCUT2D eigenvalue weighted by atomic mass is 9.84. The van der Waals surface area contributed by atoms with Gasteiger partial charge in [-0.2, -0.15) is 0 Å². The summed E-state index contributed by atoms with van der Waals surface area (Å²) in [5.74, 6) is 4.20. The maximum absolute atomic E-state index is 5.62. The minimum absolute atomic E-state index is 0.312. The highest BCUT2D eigenvalue weighted by molar-refractivity contribution is 9.10. The van der Waals surface area contributed by atoms with Crippen LogP contribution in [-0.4, -0.2) is 12.6 Å². The van der Waals surface area contributed by atoms with Gasteiger partial charge in [0.1, 0.15) is 12.4 Å². The van der Waals surface area contributed by atoms with Crippen molar-refractivity contribution in [3.8, 4) is 18.1 Å². The molecule has 1 aromatic carbocycles. The van der Waals surface area contributed by atoms with Crippen LogP contribution in [0.5, 0.6) is 5.75 Å². The number of terminal acetylenes is 1. The molecule has 3 heteroatoms. The van der Waals surface area contributed by atoms with Gasteiger partial charge >= 0.3 is 0 Å². The molecule has 1 atom stereocenters.